The number of fused-ring (bicyclic) bond motifs is 1. The number of hydrogen-bond donors (Lipinski definition) is 3. The predicted octanol–water partition coefficient (Wildman–Crippen LogP) is 3.02. The maximum atomic E-state index is 13.9. The second-order valence-corrected chi connectivity index (χ2v) is 8.05. The third-order valence-corrected chi connectivity index (χ3v) is 5.53. The van der Waals surface area contributed by atoms with Crippen molar-refractivity contribution in [3.8, 4) is 23.6 Å². The van der Waals surface area contributed by atoms with E-state index in [1.165, 1.54) is 6.20 Å². The molecule has 9 heteroatoms. The lowest BCUT2D eigenvalue weighted by atomic mass is 10.0. The molecule has 178 valence electrons. The zero-order valence-corrected chi connectivity index (χ0v) is 19.5. The number of benzene rings is 2. The first kappa shape index (κ1) is 24.0. The number of anilines is 2. The Morgan fingerprint density at radius 1 is 1.17 bits per heavy atom. The molecular formula is C27H23N7O2. The summed E-state index contributed by atoms with van der Waals surface area (Å²) in [6, 6.07) is 18.2. The van der Waals surface area contributed by atoms with Crippen LogP contribution in [0.1, 0.15) is 42.6 Å². The van der Waals surface area contributed by atoms with Crippen LogP contribution in [0.25, 0.3) is 16.5 Å². The van der Waals surface area contributed by atoms with Crippen LogP contribution in [0, 0.1) is 23.2 Å². The smallest absolute Gasteiger partial charge is 0.264 e. The predicted molar refractivity (Wildman–Crippen MR) is 138 cm³/mol. The molecule has 1 unspecified atom stereocenters. The minimum Gasteiger partial charge on any atom is -0.370 e. The highest BCUT2D eigenvalue weighted by Crippen LogP contribution is 2.26. The summed E-state index contributed by atoms with van der Waals surface area (Å²) >= 11 is 0. The molecule has 2 aromatic carbocycles. The molecule has 0 saturated heterocycles. The number of nitrogens with zero attached hydrogens (tertiary/aromatic N) is 4. The van der Waals surface area contributed by atoms with Crippen molar-refractivity contribution >= 4 is 28.4 Å². The molecule has 4 rings (SSSR count). The Kier molecular flexibility index (Phi) is 6.94. The van der Waals surface area contributed by atoms with Gasteiger partial charge in [0.25, 0.3) is 5.56 Å². The van der Waals surface area contributed by atoms with Crippen molar-refractivity contribution in [2.24, 2.45) is 5.73 Å². The maximum Gasteiger partial charge on any atom is 0.264 e. The molecule has 2 heterocycles. The summed E-state index contributed by atoms with van der Waals surface area (Å²) in [5, 5.41) is 13.8. The van der Waals surface area contributed by atoms with Crippen LogP contribution < -0.4 is 22.3 Å². The van der Waals surface area contributed by atoms with E-state index in [1.54, 1.807) is 10.6 Å². The third-order valence-electron chi connectivity index (χ3n) is 5.53. The molecular weight excluding hydrogens is 454 g/mol. The molecule has 4 aromatic rings. The molecule has 0 saturated carbocycles. The van der Waals surface area contributed by atoms with Gasteiger partial charge in [0.2, 0.25) is 11.9 Å². The average Bonchev–Trinajstić information content (AvgIpc) is 2.87. The van der Waals surface area contributed by atoms with Crippen molar-refractivity contribution in [2.75, 3.05) is 11.1 Å². The lowest BCUT2D eigenvalue weighted by Crippen LogP contribution is -2.26. The molecule has 0 bridgehead atoms. The Balaban J connectivity index is 1.89. The molecule has 0 aliphatic carbocycles. The van der Waals surface area contributed by atoms with Gasteiger partial charge in [0.1, 0.15) is 17.5 Å². The first-order valence-electron chi connectivity index (χ1n) is 11.2. The van der Waals surface area contributed by atoms with Crippen LogP contribution in [0.3, 0.4) is 0 Å². The highest BCUT2D eigenvalue weighted by molar-refractivity contribution is 5.88. The first-order valence-corrected chi connectivity index (χ1v) is 11.2. The number of primary amides is 1. The van der Waals surface area contributed by atoms with Crippen LogP contribution in [-0.4, -0.2) is 20.4 Å². The quantitative estimate of drug-likeness (QED) is 0.361. The molecule has 0 fully saturated rings. The number of pyridine rings is 1. The van der Waals surface area contributed by atoms with Gasteiger partial charge >= 0.3 is 0 Å². The van der Waals surface area contributed by atoms with Gasteiger partial charge in [-0.1, -0.05) is 42.2 Å². The minimum absolute atomic E-state index is 0.0298. The summed E-state index contributed by atoms with van der Waals surface area (Å²) in [5.74, 6) is 5.83. The second-order valence-electron chi connectivity index (χ2n) is 8.05. The zero-order valence-electron chi connectivity index (χ0n) is 19.5. The molecule has 0 aliphatic rings. The maximum absolute atomic E-state index is 13.9. The molecule has 0 spiro atoms. The number of nitriles is 1. The van der Waals surface area contributed by atoms with Crippen molar-refractivity contribution < 1.29 is 4.79 Å². The summed E-state index contributed by atoms with van der Waals surface area (Å²) in [6.07, 6.45) is 1.81. The molecule has 2 aromatic heterocycles. The van der Waals surface area contributed by atoms with E-state index < -0.39 is 11.9 Å². The number of nitrogens with two attached hydrogens (primary N) is 2. The van der Waals surface area contributed by atoms with Gasteiger partial charge in [0, 0.05) is 29.8 Å². The van der Waals surface area contributed by atoms with Crippen molar-refractivity contribution in [3.05, 3.63) is 88.0 Å². The SMILES string of the molecule is CC(Nc1nc(N)ncc1C#N)c1cc2cccc(C#CCCC(N)=O)c2c(=O)n1-c1ccccc1. The van der Waals surface area contributed by atoms with E-state index in [0.29, 0.717) is 34.1 Å². The van der Waals surface area contributed by atoms with E-state index in [9.17, 15) is 14.9 Å². The van der Waals surface area contributed by atoms with Gasteiger partial charge < -0.3 is 16.8 Å². The summed E-state index contributed by atoms with van der Waals surface area (Å²) in [7, 11) is 0. The van der Waals surface area contributed by atoms with Crippen molar-refractivity contribution in [2.45, 2.75) is 25.8 Å². The van der Waals surface area contributed by atoms with Gasteiger partial charge in [-0.3, -0.25) is 14.2 Å². The number of carbonyl (C=O) groups is 1. The van der Waals surface area contributed by atoms with E-state index >= 15 is 0 Å². The molecule has 36 heavy (non-hydrogen) atoms. The summed E-state index contributed by atoms with van der Waals surface area (Å²) in [6.45, 7) is 1.87. The number of rotatable bonds is 6. The van der Waals surface area contributed by atoms with Crippen LogP contribution >= 0.6 is 0 Å². The minimum atomic E-state index is -0.436. The van der Waals surface area contributed by atoms with E-state index in [2.05, 4.69) is 27.1 Å². The van der Waals surface area contributed by atoms with Crippen molar-refractivity contribution in [1.29, 1.82) is 5.26 Å². The van der Waals surface area contributed by atoms with Crippen LogP contribution in [0.5, 0.6) is 0 Å². The molecule has 9 nitrogen and oxygen atoms in total. The van der Waals surface area contributed by atoms with Crippen molar-refractivity contribution in [3.63, 3.8) is 0 Å². The lowest BCUT2D eigenvalue weighted by Gasteiger charge is -2.22. The van der Waals surface area contributed by atoms with E-state index in [0.717, 1.165) is 0 Å². The van der Waals surface area contributed by atoms with Gasteiger partial charge in [0.05, 0.1) is 17.6 Å². The van der Waals surface area contributed by atoms with E-state index in [1.807, 2.05) is 61.5 Å². The number of amides is 1. The standard InChI is InChI=1S/C27H23N7O2/c1-17(32-25-20(15-28)16-31-27(30)33-25)22-14-19-10-7-9-18(8-5-6-13-23(29)35)24(19)26(36)34(22)21-11-3-2-4-12-21/h2-4,7,9-12,14,16-17H,6,13H2,1H3,(H2,29,35)(H3,30,31,32,33). The number of hydrogen-bond acceptors (Lipinski definition) is 7. The Labute approximate surface area is 207 Å². The fourth-order valence-electron chi connectivity index (χ4n) is 3.86. The van der Waals surface area contributed by atoms with Crippen molar-refractivity contribution in [1.82, 2.24) is 14.5 Å². The van der Waals surface area contributed by atoms with Gasteiger partial charge in [-0.05, 0) is 36.6 Å². The van der Waals surface area contributed by atoms with Gasteiger partial charge in [-0.25, -0.2) is 4.98 Å². The number of nitrogen functional groups attached to an aromatic ring is 1. The second kappa shape index (κ2) is 10.4. The number of aromatic nitrogens is 3. The van der Waals surface area contributed by atoms with Crippen LogP contribution in [0.15, 0.2) is 65.6 Å². The lowest BCUT2D eigenvalue weighted by molar-refractivity contribution is -0.117. The average molecular weight is 478 g/mol. The normalized spacial score (nSPS) is 11.2. The Bertz CT molecular complexity index is 1610. The van der Waals surface area contributed by atoms with Crippen LogP contribution in [0.2, 0.25) is 0 Å². The molecule has 0 aliphatic heterocycles. The molecule has 0 radical (unpaired) electrons. The third kappa shape index (κ3) is 5.01. The van der Waals surface area contributed by atoms with E-state index in [-0.39, 0.29) is 29.3 Å². The fourth-order valence-corrected chi connectivity index (χ4v) is 3.86. The number of nitrogens with one attached hydrogen (secondary N) is 1. The zero-order chi connectivity index (χ0) is 25.7. The molecule has 5 N–H and O–H groups in total. The van der Waals surface area contributed by atoms with Crippen LogP contribution in [-0.2, 0) is 4.79 Å². The van der Waals surface area contributed by atoms with Gasteiger partial charge in [-0.15, -0.1) is 0 Å². The Morgan fingerprint density at radius 2 is 1.94 bits per heavy atom. The van der Waals surface area contributed by atoms with Gasteiger partial charge in [0.15, 0.2) is 0 Å². The Morgan fingerprint density at radius 3 is 2.67 bits per heavy atom. The molecule has 1 amide bonds. The first-order chi connectivity index (χ1) is 17.4. The highest BCUT2D eigenvalue weighted by atomic mass is 16.1. The fraction of sp³-hybridized carbons (Fsp3) is 0.148. The van der Waals surface area contributed by atoms with Crippen LogP contribution in [0.4, 0.5) is 11.8 Å². The van der Waals surface area contributed by atoms with E-state index in [4.69, 9.17) is 11.5 Å². The number of carbonyl (C=O) groups excluding carboxylic acids is 1. The number of para-hydroxylation sites is 1. The molecule has 1 atom stereocenters. The monoisotopic (exact) mass is 477 g/mol. The largest absolute Gasteiger partial charge is 0.370 e. The van der Waals surface area contributed by atoms with Gasteiger partial charge in [-0.2, -0.15) is 10.2 Å². The summed E-state index contributed by atoms with van der Waals surface area (Å²) in [5.41, 5.74) is 12.8. The Hall–Kier alpha value is -5.15. The summed E-state index contributed by atoms with van der Waals surface area (Å²) in [4.78, 5) is 33.0. The summed E-state index contributed by atoms with van der Waals surface area (Å²) < 4.78 is 1.62. The highest BCUT2D eigenvalue weighted by Gasteiger charge is 2.19. The topological polar surface area (TPSA) is 153 Å².